The number of hydrogen-bond acceptors (Lipinski definition) is 2. The molecule has 2 nitrogen and oxygen atoms in total. The Bertz CT molecular complexity index is 309. The molecule has 1 atom stereocenters. The standard InChI is InChI=1S/C15H27F3N2/c1-2-12-4-3-9-20(10-12)14(11-19)7-5-13(6-8-14)15(16,17)18/h12-13H,2-11,19H2,1H3. The zero-order chi connectivity index (χ0) is 14.8. The largest absolute Gasteiger partial charge is 0.391 e. The van der Waals surface area contributed by atoms with Crippen LogP contribution in [0.3, 0.4) is 0 Å². The third-order valence-electron chi connectivity index (χ3n) is 5.53. The van der Waals surface area contributed by atoms with Gasteiger partial charge in [-0.1, -0.05) is 13.3 Å². The molecule has 1 aliphatic heterocycles. The molecule has 1 saturated heterocycles. The smallest absolute Gasteiger partial charge is 0.329 e. The van der Waals surface area contributed by atoms with E-state index >= 15 is 0 Å². The van der Waals surface area contributed by atoms with Gasteiger partial charge >= 0.3 is 6.18 Å². The Morgan fingerprint density at radius 3 is 2.35 bits per heavy atom. The minimum atomic E-state index is -4.03. The van der Waals surface area contributed by atoms with Gasteiger partial charge in [0.15, 0.2) is 0 Å². The molecule has 0 amide bonds. The summed E-state index contributed by atoms with van der Waals surface area (Å²) in [4.78, 5) is 2.41. The number of nitrogens with two attached hydrogens (primary N) is 1. The minimum Gasteiger partial charge on any atom is -0.329 e. The van der Waals surface area contributed by atoms with E-state index in [0.717, 1.165) is 25.9 Å². The van der Waals surface area contributed by atoms with Gasteiger partial charge in [0.25, 0.3) is 0 Å². The third kappa shape index (κ3) is 3.30. The summed E-state index contributed by atoms with van der Waals surface area (Å²) in [5.74, 6) is -0.429. The van der Waals surface area contributed by atoms with Crippen LogP contribution < -0.4 is 5.73 Å². The van der Waals surface area contributed by atoms with Gasteiger partial charge < -0.3 is 5.73 Å². The van der Waals surface area contributed by atoms with Crippen LogP contribution in [-0.2, 0) is 0 Å². The minimum absolute atomic E-state index is 0.171. The van der Waals surface area contributed by atoms with Gasteiger partial charge in [-0.15, -0.1) is 0 Å². The molecule has 20 heavy (non-hydrogen) atoms. The van der Waals surface area contributed by atoms with E-state index in [2.05, 4.69) is 11.8 Å². The maximum atomic E-state index is 12.8. The molecule has 0 aromatic rings. The zero-order valence-electron chi connectivity index (χ0n) is 12.4. The van der Waals surface area contributed by atoms with E-state index in [1.807, 2.05) is 0 Å². The van der Waals surface area contributed by atoms with Crippen molar-refractivity contribution in [3.63, 3.8) is 0 Å². The van der Waals surface area contributed by atoms with Crippen LogP contribution in [-0.4, -0.2) is 36.2 Å². The lowest BCUT2D eigenvalue weighted by Gasteiger charge is -2.50. The van der Waals surface area contributed by atoms with Gasteiger partial charge in [-0.3, -0.25) is 4.90 Å². The van der Waals surface area contributed by atoms with Crippen LogP contribution in [0.1, 0.15) is 51.9 Å². The quantitative estimate of drug-likeness (QED) is 0.862. The molecular weight excluding hydrogens is 265 g/mol. The molecule has 1 aliphatic carbocycles. The lowest BCUT2D eigenvalue weighted by atomic mass is 9.74. The fourth-order valence-electron chi connectivity index (χ4n) is 3.96. The number of piperidine rings is 1. The van der Waals surface area contributed by atoms with E-state index in [9.17, 15) is 13.2 Å². The normalized spacial score (nSPS) is 37.0. The molecule has 1 saturated carbocycles. The summed E-state index contributed by atoms with van der Waals surface area (Å²) in [6.07, 6.45) is 1.22. The molecule has 2 aliphatic rings. The second-order valence-corrected chi connectivity index (χ2v) is 6.61. The average Bonchev–Trinajstić information content (AvgIpc) is 2.46. The molecule has 2 fully saturated rings. The van der Waals surface area contributed by atoms with Gasteiger partial charge in [0.1, 0.15) is 0 Å². The van der Waals surface area contributed by atoms with Crippen LogP contribution in [0, 0.1) is 11.8 Å². The van der Waals surface area contributed by atoms with Crippen molar-refractivity contribution >= 4 is 0 Å². The second kappa shape index (κ2) is 6.22. The van der Waals surface area contributed by atoms with E-state index < -0.39 is 12.1 Å². The number of nitrogens with zero attached hydrogens (tertiary/aromatic N) is 1. The molecule has 0 radical (unpaired) electrons. The van der Waals surface area contributed by atoms with Crippen molar-refractivity contribution in [3.05, 3.63) is 0 Å². The molecule has 1 unspecified atom stereocenters. The Kier molecular flexibility index (Phi) is 5.00. The topological polar surface area (TPSA) is 29.3 Å². The lowest BCUT2D eigenvalue weighted by molar-refractivity contribution is -0.189. The second-order valence-electron chi connectivity index (χ2n) is 6.61. The molecule has 0 spiro atoms. The summed E-state index contributed by atoms with van der Waals surface area (Å²) in [7, 11) is 0. The van der Waals surface area contributed by atoms with Gasteiger partial charge in [0.2, 0.25) is 0 Å². The predicted octanol–water partition coefficient (Wildman–Crippen LogP) is 3.56. The highest BCUT2D eigenvalue weighted by Crippen LogP contribution is 2.44. The Morgan fingerprint density at radius 1 is 1.20 bits per heavy atom. The number of likely N-dealkylation sites (tertiary alicyclic amines) is 1. The van der Waals surface area contributed by atoms with Gasteiger partial charge in [-0.05, 0) is 51.0 Å². The van der Waals surface area contributed by atoms with Crippen molar-refractivity contribution in [1.82, 2.24) is 4.90 Å². The monoisotopic (exact) mass is 292 g/mol. The van der Waals surface area contributed by atoms with Crippen LogP contribution in [0.4, 0.5) is 13.2 Å². The molecule has 0 aromatic heterocycles. The molecule has 0 bridgehead atoms. The maximum absolute atomic E-state index is 12.8. The van der Waals surface area contributed by atoms with Crippen LogP contribution in [0.5, 0.6) is 0 Å². The SMILES string of the molecule is CCC1CCCN(C2(CN)CCC(C(F)(F)F)CC2)C1. The van der Waals surface area contributed by atoms with Crippen molar-refractivity contribution in [2.75, 3.05) is 19.6 Å². The van der Waals surface area contributed by atoms with Crippen LogP contribution in [0.2, 0.25) is 0 Å². The Morgan fingerprint density at radius 2 is 1.85 bits per heavy atom. The van der Waals surface area contributed by atoms with Crippen molar-refractivity contribution in [2.45, 2.75) is 63.6 Å². The third-order valence-corrected chi connectivity index (χ3v) is 5.53. The van der Waals surface area contributed by atoms with Crippen LogP contribution in [0.25, 0.3) is 0 Å². The summed E-state index contributed by atoms with van der Waals surface area (Å²) >= 11 is 0. The highest BCUT2D eigenvalue weighted by atomic mass is 19.4. The summed E-state index contributed by atoms with van der Waals surface area (Å²) in [5.41, 5.74) is 5.82. The number of rotatable bonds is 3. The first kappa shape index (κ1) is 16.1. The molecular formula is C15H27F3N2. The van der Waals surface area contributed by atoms with Crippen molar-refractivity contribution in [2.24, 2.45) is 17.6 Å². The molecule has 1 heterocycles. The number of hydrogen-bond donors (Lipinski definition) is 1. The lowest BCUT2D eigenvalue weighted by Crippen LogP contribution is -2.59. The van der Waals surface area contributed by atoms with Gasteiger partial charge in [0.05, 0.1) is 5.92 Å². The summed E-state index contributed by atoms with van der Waals surface area (Å²) in [5, 5.41) is 0. The highest BCUT2D eigenvalue weighted by molar-refractivity contribution is 4.98. The zero-order valence-corrected chi connectivity index (χ0v) is 12.4. The van der Waals surface area contributed by atoms with Gasteiger partial charge in [-0.25, -0.2) is 0 Å². The molecule has 2 N–H and O–H groups in total. The van der Waals surface area contributed by atoms with E-state index in [-0.39, 0.29) is 18.4 Å². The molecule has 5 heteroatoms. The first-order chi connectivity index (χ1) is 9.41. The summed E-state index contributed by atoms with van der Waals surface area (Å²) in [6, 6.07) is 0. The average molecular weight is 292 g/mol. The number of alkyl halides is 3. The van der Waals surface area contributed by atoms with Gasteiger partial charge in [-0.2, -0.15) is 13.2 Å². The first-order valence-corrected chi connectivity index (χ1v) is 7.93. The Hall–Kier alpha value is -0.290. The first-order valence-electron chi connectivity index (χ1n) is 7.93. The van der Waals surface area contributed by atoms with Gasteiger partial charge in [0, 0.05) is 18.6 Å². The van der Waals surface area contributed by atoms with E-state index in [1.54, 1.807) is 0 Å². The van der Waals surface area contributed by atoms with Crippen molar-refractivity contribution in [3.8, 4) is 0 Å². The fraction of sp³-hybridized carbons (Fsp3) is 1.00. The number of halogens is 3. The maximum Gasteiger partial charge on any atom is 0.391 e. The predicted molar refractivity (Wildman–Crippen MR) is 74.4 cm³/mol. The Balaban J connectivity index is 2.01. The highest BCUT2D eigenvalue weighted by Gasteiger charge is 2.47. The molecule has 0 aromatic carbocycles. The van der Waals surface area contributed by atoms with Crippen molar-refractivity contribution in [1.29, 1.82) is 0 Å². The van der Waals surface area contributed by atoms with Crippen molar-refractivity contribution < 1.29 is 13.2 Å². The van der Waals surface area contributed by atoms with E-state index in [0.29, 0.717) is 25.3 Å². The van der Waals surface area contributed by atoms with E-state index in [4.69, 9.17) is 5.73 Å². The summed E-state index contributed by atoms with van der Waals surface area (Å²) < 4.78 is 38.4. The van der Waals surface area contributed by atoms with Crippen LogP contribution >= 0.6 is 0 Å². The molecule has 118 valence electrons. The van der Waals surface area contributed by atoms with E-state index in [1.165, 1.54) is 6.42 Å². The van der Waals surface area contributed by atoms with Crippen LogP contribution in [0.15, 0.2) is 0 Å². The fourth-order valence-corrected chi connectivity index (χ4v) is 3.96. The summed E-state index contributed by atoms with van der Waals surface area (Å²) in [6.45, 7) is 4.71. The Labute approximate surface area is 119 Å². The molecule has 2 rings (SSSR count).